The fraction of sp³-hybridized carbons (Fsp3) is 0.412. The molecule has 1 aliphatic heterocycles. The van der Waals surface area contributed by atoms with Gasteiger partial charge in [-0.15, -0.1) is 0 Å². The second kappa shape index (κ2) is 29.6. The molecule has 4 aromatic carbocycles. The number of benzene rings is 4. The van der Waals surface area contributed by atoms with Crippen molar-refractivity contribution in [3.63, 3.8) is 0 Å². The van der Waals surface area contributed by atoms with Crippen molar-refractivity contribution in [2.24, 2.45) is 17.4 Å². The number of carbonyl (C=O) groups excluding carboxylic acids is 6. The van der Waals surface area contributed by atoms with Crippen LogP contribution in [0.1, 0.15) is 62.6 Å². The van der Waals surface area contributed by atoms with Crippen LogP contribution in [0.2, 0.25) is 0 Å². The number of aromatic hydroxyl groups is 1. The molecule has 14 N–H and O–H groups in total. The van der Waals surface area contributed by atoms with Gasteiger partial charge in [0.1, 0.15) is 42.0 Å². The van der Waals surface area contributed by atoms with E-state index in [4.69, 9.17) is 11.5 Å². The zero-order valence-corrected chi connectivity index (χ0v) is 44.8. The number of carboxylic acids is 2. The number of nitrogens with one attached hydrogen (secondary N) is 7. The molecule has 3 unspecified atom stereocenters. The summed E-state index contributed by atoms with van der Waals surface area (Å²) in [6.45, 7) is 2.76. The SMILES string of the molecule is CC(C)[C@H](NC(=O)C1CSSC[C@H](NC(=O)[C@@H](N)CCC(=O)O)C(=O)NC(Cc2ccccc2)C(=O)NN(Cc2ccc3ccccc3c2)S(=O)(=O)N[C@@H](CCCCN)C(=O)NC(Cc2ccc(O)cc2)C(=O)N1)C(=O)O. The maximum atomic E-state index is 14.9. The summed E-state index contributed by atoms with van der Waals surface area (Å²) >= 11 is 0. The van der Waals surface area contributed by atoms with Crippen molar-refractivity contribution in [1.29, 1.82) is 0 Å². The van der Waals surface area contributed by atoms with Crippen LogP contribution in [-0.2, 0) is 68.0 Å². The Labute approximate surface area is 453 Å². The molecule has 7 atom stereocenters. The predicted molar refractivity (Wildman–Crippen MR) is 290 cm³/mol. The van der Waals surface area contributed by atoms with Gasteiger partial charge in [0.25, 0.3) is 16.1 Å². The van der Waals surface area contributed by atoms with Crippen LogP contribution in [0.15, 0.2) is 97.1 Å². The first-order chi connectivity index (χ1) is 36.6. The van der Waals surface area contributed by atoms with E-state index in [1.807, 2.05) is 12.1 Å². The first kappa shape index (κ1) is 61.0. The lowest BCUT2D eigenvalue weighted by Crippen LogP contribution is -2.62. The monoisotopic (exact) mass is 1120 g/mol. The Balaban J connectivity index is 1.64. The number of nitrogens with two attached hydrogens (primary N) is 2. The summed E-state index contributed by atoms with van der Waals surface area (Å²) in [5, 5.41) is 43.7. The van der Waals surface area contributed by atoms with Crippen molar-refractivity contribution in [1.82, 2.24) is 41.1 Å². The first-order valence-corrected chi connectivity index (χ1v) is 28.6. The van der Waals surface area contributed by atoms with Crippen molar-refractivity contribution in [2.45, 2.75) is 108 Å². The number of rotatable bonds is 19. The highest BCUT2D eigenvalue weighted by Crippen LogP contribution is 2.25. The van der Waals surface area contributed by atoms with Crippen LogP contribution in [0, 0.1) is 5.92 Å². The van der Waals surface area contributed by atoms with Crippen molar-refractivity contribution in [2.75, 3.05) is 18.1 Å². The fourth-order valence-electron chi connectivity index (χ4n) is 7.88. The van der Waals surface area contributed by atoms with Crippen molar-refractivity contribution < 1.29 is 62.1 Å². The first-order valence-electron chi connectivity index (χ1n) is 24.7. The lowest BCUT2D eigenvalue weighted by Gasteiger charge is -2.30. The average molecular weight is 1120 g/mol. The number of hydrazine groups is 1. The highest BCUT2D eigenvalue weighted by molar-refractivity contribution is 8.76. The smallest absolute Gasteiger partial charge is 0.326 e. The van der Waals surface area contributed by atoms with E-state index in [0.29, 0.717) is 27.5 Å². The second-order valence-corrected chi connectivity index (χ2v) is 22.8. The molecule has 1 saturated heterocycles. The summed E-state index contributed by atoms with van der Waals surface area (Å²) in [6, 6.07) is 15.8. The number of carboxylic acid groups (broad SMARTS) is 2. The number of amides is 6. The Kier molecular flexibility index (Phi) is 23.5. The van der Waals surface area contributed by atoms with E-state index in [9.17, 15) is 62.1 Å². The van der Waals surface area contributed by atoms with Crippen LogP contribution < -0.4 is 48.2 Å². The van der Waals surface area contributed by atoms with Crippen LogP contribution in [0.4, 0.5) is 0 Å². The molecule has 77 heavy (non-hydrogen) atoms. The Hall–Kier alpha value is -6.81. The van der Waals surface area contributed by atoms with E-state index in [1.165, 1.54) is 24.3 Å². The molecular formula is C51H66N10O13S3. The summed E-state index contributed by atoms with van der Waals surface area (Å²) in [5.74, 6) is -9.74. The summed E-state index contributed by atoms with van der Waals surface area (Å²) in [7, 11) is -3.16. The maximum absolute atomic E-state index is 14.9. The van der Waals surface area contributed by atoms with Crippen molar-refractivity contribution in [3.05, 3.63) is 114 Å². The summed E-state index contributed by atoms with van der Waals surface area (Å²) in [5.41, 5.74) is 15.7. The van der Waals surface area contributed by atoms with E-state index in [-0.39, 0.29) is 55.9 Å². The van der Waals surface area contributed by atoms with E-state index in [2.05, 4.69) is 36.7 Å². The number of nitrogens with zero attached hydrogens (tertiary/aromatic N) is 1. The molecule has 1 heterocycles. The van der Waals surface area contributed by atoms with Crippen molar-refractivity contribution >= 4 is 90.0 Å². The maximum Gasteiger partial charge on any atom is 0.326 e. The molecule has 0 spiro atoms. The third-order valence-electron chi connectivity index (χ3n) is 12.2. The number of hydrogen-bond acceptors (Lipinski definition) is 15. The molecule has 26 heteroatoms. The molecule has 23 nitrogen and oxygen atoms in total. The molecule has 0 aromatic heterocycles. The second-order valence-electron chi connectivity index (χ2n) is 18.6. The van der Waals surface area contributed by atoms with Crippen LogP contribution in [0.25, 0.3) is 10.8 Å². The highest BCUT2D eigenvalue weighted by atomic mass is 33.1. The minimum atomic E-state index is -5.02. The zero-order valence-electron chi connectivity index (χ0n) is 42.4. The Bertz CT molecular complexity index is 2810. The minimum Gasteiger partial charge on any atom is -0.508 e. The van der Waals surface area contributed by atoms with Gasteiger partial charge in [0.15, 0.2) is 0 Å². The molecule has 0 saturated carbocycles. The molecule has 5 rings (SSSR count). The van der Waals surface area contributed by atoms with Crippen molar-refractivity contribution in [3.8, 4) is 5.75 Å². The van der Waals surface area contributed by atoms with E-state index in [0.717, 1.165) is 32.4 Å². The van der Waals surface area contributed by atoms with Gasteiger partial charge in [-0.1, -0.05) is 125 Å². The van der Waals surface area contributed by atoms with Crippen LogP contribution in [-0.4, -0.2) is 136 Å². The zero-order chi connectivity index (χ0) is 56.2. The summed E-state index contributed by atoms with van der Waals surface area (Å²) in [6.07, 6.45) is -0.891. The molecule has 0 radical (unpaired) electrons. The summed E-state index contributed by atoms with van der Waals surface area (Å²) < 4.78 is 32.9. The number of phenols is 1. The van der Waals surface area contributed by atoms with Gasteiger partial charge in [0.05, 0.1) is 12.6 Å². The molecule has 416 valence electrons. The molecule has 0 bridgehead atoms. The third kappa shape index (κ3) is 19.3. The predicted octanol–water partition coefficient (Wildman–Crippen LogP) is 0.948. The molecule has 0 aliphatic carbocycles. The normalized spacial score (nSPS) is 21.1. The average Bonchev–Trinajstić information content (AvgIpc) is 3.39. The molecule has 4 aromatic rings. The number of fused-ring (bicyclic) bond motifs is 1. The topological polar surface area (TPSA) is 371 Å². The molecule has 6 amide bonds. The van der Waals surface area contributed by atoms with E-state index in [1.54, 1.807) is 74.5 Å². The van der Waals surface area contributed by atoms with Gasteiger partial charge in [-0.25, -0.2) is 4.79 Å². The Morgan fingerprint density at radius 3 is 1.99 bits per heavy atom. The number of phenolic OH excluding ortho intramolecular Hbond substituents is 1. The van der Waals surface area contributed by atoms with Gasteiger partial charge in [0.2, 0.25) is 29.5 Å². The molecular weight excluding hydrogens is 1060 g/mol. The highest BCUT2D eigenvalue weighted by Gasteiger charge is 2.37. The quantitative estimate of drug-likeness (QED) is 0.0459. The van der Waals surface area contributed by atoms with Gasteiger partial charge in [-0.2, -0.15) is 13.1 Å². The largest absolute Gasteiger partial charge is 0.508 e. The molecule has 1 fully saturated rings. The summed E-state index contributed by atoms with van der Waals surface area (Å²) in [4.78, 5) is 110. The fourth-order valence-corrected chi connectivity index (χ4v) is 11.4. The van der Waals surface area contributed by atoms with Crippen LogP contribution >= 0.6 is 21.6 Å². The van der Waals surface area contributed by atoms with E-state index >= 15 is 0 Å². The Morgan fingerprint density at radius 1 is 0.740 bits per heavy atom. The molecule has 1 aliphatic rings. The lowest BCUT2D eigenvalue weighted by molar-refractivity contribution is -0.143. The number of carbonyl (C=O) groups is 8. The third-order valence-corrected chi connectivity index (χ3v) is 16.0. The van der Waals surface area contributed by atoms with Crippen LogP contribution in [0.3, 0.4) is 0 Å². The van der Waals surface area contributed by atoms with E-state index < -0.39 is 119 Å². The number of unbranched alkanes of at least 4 members (excludes halogenated alkanes) is 1. The van der Waals surface area contributed by atoms with Gasteiger partial charge in [0, 0.05) is 30.8 Å². The minimum absolute atomic E-state index is 0.107. The standard InChI is InChI=1S/C51H66N10O13S3/c1-30(2)44(51(71)72)58-49(69)42-29-76-75-28-41(56-45(65)37(53)21-22-43(63)64)48(68)55-40(25-31-10-4-3-5-11-31)50(70)59-61(27-33-15-18-34-12-6-7-13-35(34)24-33)77(73,74)60-38(14-8-9-23-52)46(66)54-39(47(67)57-42)26-32-16-19-36(62)20-17-32/h3-7,10-13,15-20,24,30,37-42,44,60,62H,8-9,14,21-23,25-29,52-53H2,1-2H3,(H,54,66)(H,55,68)(H,56,65)(H,57,67)(H,58,69)(H,59,70)(H,63,64)(H,71,72)/t37-,38-,39?,40?,41-,42?,44-/m0/s1. The van der Waals surface area contributed by atoms with Crippen LogP contribution in [0.5, 0.6) is 5.75 Å². The lowest BCUT2D eigenvalue weighted by atomic mass is 10.0. The van der Waals surface area contributed by atoms with Gasteiger partial charge >= 0.3 is 11.9 Å². The van der Waals surface area contributed by atoms with Gasteiger partial charge in [-0.3, -0.25) is 39.0 Å². The van der Waals surface area contributed by atoms with Gasteiger partial charge < -0.3 is 53.4 Å². The number of aliphatic carboxylic acids is 2. The number of hydrogen-bond donors (Lipinski definition) is 12. The Morgan fingerprint density at radius 2 is 1.34 bits per heavy atom. The van der Waals surface area contributed by atoms with Gasteiger partial charge in [-0.05, 0) is 77.4 Å².